The van der Waals surface area contributed by atoms with Gasteiger partial charge in [-0.25, -0.2) is 4.79 Å². The number of hydrogen-bond donors (Lipinski definition) is 0. The Morgan fingerprint density at radius 2 is 1.68 bits per heavy atom. The van der Waals surface area contributed by atoms with Crippen molar-refractivity contribution in [1.82, 2.24) is 0 Å². The molecule has 0 bridgehead atoms. The van der Waals surface area contributed by atoms with Crippen LogP contribution in [0.1, 0.15) is 70.9 Å². The molecule has 0 unspecified atom stereocenters. The lowest BCUT2D eigenvalue weighted by Gasteiger charge is -2.45. The Morgan fingerprint density at radius 1 is 1.02 bits per heavy atom. The lowest BCUT2D eigenvalue weighted by atomic mass is 9.64. The third-order valence-corrected chi connectivity index (χ3v) is 11.2. The van der Waals surface area contributed by atoms with Crippen molar-refractivity contribution in [3.8, 4) is 5.75 Å². The summed E-state index contributed by atoms with van der Waals surface area (Å²) in [7, 11) is -2.57. The fourth-order valence-electron chi connectivity index (χ4n) is 6.31. The third-order valence-electron chi connectivity index (χ3n) is 8.56. The molecule has 0 spiro atoms. The van der Waals surface area contributed by atoms with E-state index in [-0.39, 0.29) is 31.1 Å². The first-order valence-corrected chi connectivity index (χ1v) is 15.9. The topological polar surface area (TPSA) is 95.8 Å². The van der Waals surface area contributed by atoms with E-state index in [1.54, 1.807) is 33.1 Å². The molecule has 0 radical (unpaired) electrons. The van der Waals surface area contributed by atoms with Gasteiger partial charge in [0, 0.05) is 5.92 Å². The predicted octanol–water partition coefficient (Wildman–Crippen LogP) is 7.53. The number of nitrogens with zero attached hydrogens (tertiary/aromatic N) is 2. The van der Waals surface area contributed by atoms with Crippen molar-refractivity contribution in [1.29, 1.82) is 0 Å². The highest BCUT2D eigenvalue weighted by Crippen LogP contribution is 2.68. The number of carbonyl (C=O) groups excluding carboxylic acids is 1. The Kier molecular flexibility index (Phi) is 9.54. The van der Waals surface area contributed by atoms with Gasteiger partial charge in [0.1, 0.15) is 11.9 Å². The van der Waals surface area contributed by atoms with Gasteiger partial charge in [0.05, 0.1) is 32.8 Å². The van der Waals surface area contributed by atoms with Gasteiger partial charge in [0.25, 0.3) is 5.28 Å². The average Bonchev–Trinajstić information content (AvgIpc) is 3.41. The van der Waals surface area contributed by atoms with Crippen molar-refractivity contribution in [3.63, 3.8) is 0 Å². The van der Waals surface area contributed by atoms with Gasteiger partial charge in [-0.15, -0.1) is 0 Å². The van der Waals surface area contributed by atoms with Gasteiger partial charge in [-0.05, 0) is 61.3 Å². The van der Waals surface area contributed by atoms with E-state index < -0.39 is 30.9 Å². The molecule has 9 heteroatoms. The summed E-state index contributed by atoms with van der Waals surface area (Å²) in [5, 5.41) is 6.74. The van der Waals surface area contributed by atoms with Gasteiger partial charge in [-0.1, -0.05) is 69.7 Å². The first kappa shape index (κ1) is 30.4. The second-order valence-electron chi connectivity index (χ2n) is 11.4. The van der Waals surface area contributed by atoms with Crippen molar-refractivity contribution in [2.45, 2.75) is 76.6 Å². The molecule has 0 amide bonds. The molecule has 1 saturated carbocycles. The van der Waals surface area contributed by atoms with Crippen molar-refractivity contribution >= 4 is 13.6 Å². The lowest BCUT2D eigenvalue weighted by Crippen LogP contribution is -2.49. The number of benzene rings is 2. The number of hydrogen-bond acceptors (Lipinski definition) is 8. The third kappa shape index (κ3) is 5.63. The average molecular weight is 571 g/mol. The molecule has 0 N–H and O–H groups in total. The van der Waals surface area contributed by atoms with Crippen LogP contribution in [-0.4, -0.2) is 44.2 Å². The summed E-state index contributed by atoms with van der Waals surface area (Å²) in [6.07, 6.45) is 2.27. The second kappa shape index (κ2) is 12.5. The largest absolute Gasteiger partial charge is 0.497 e. The van der Waals surface area contributed by atoms with E-state index in [0.29, 0.717) is 18.1 Å². The SMILES string of the molecule is CCOP(=O)(OCC)[C@@]1(C(=O)O[C@@H]2C[C@H](C)CC[C@H]2C(C)(C)c2ccccc2)N=NC[C@H]1c1ccc(OC)cc1. The molecule has 1 heterocycles. The van der Waals surface area contributed by atoms with Gasteiger partial charge in [-0.2, -0.15) is 10.2 Å². The summed E-state index contributed by atoms with van der Waals surface area (Å²) < 4.78 is 38.0. The number of azo groups is 1. The molecule has 5 atom stereocenters. The van der Waals surface area contributed by atoms with Crippen LogP contribution in [0.25, 0.3) is 0 Å². The standard InChI is InChI=1S/C31H43N2O6P/c1-7-37-40(35,38-8-2)31(27(21-32-33-31)23-15-17-25(36-6)18-16-23)29(34)39-28-20-22(3)14-19-26(28)30(4,5)24-12-10-9-11-13-24/h9-13,15-18,22,26-28H,7-8,14,19-21H2,1-6H3/t22-,26-,27+,28-,31+/m1/s1. The van der Waals surface area contributed by atoms with Crippen LogP contribution < -0.4 is 4.74 Å². The minimum atomic E-state index is -4.16. The van der Waals surface area contributed by atoms with Gasteiger partial charge in [0.2, 0.25) is 0 Å². The molecule has 2 aliphatic rings. The molecular weight excluding hydrogens is 527 g/mol. The van der Waals surface area contributed by atoms with Crippen LogP contribution in [0.3, 0.4) is 0 Å². The Balaban J connectivity index is 1.76. The number of ether oxygens (including phenoxy) is 2. The molecule has 2 aromatic carbocycles. The van der Waals surface area contributed by atoms with E-state index >= 15 is 0 Å². The molecule has 0 saturated heterocycles. The van der Waals surface area contributed by atoms with Crippen LogP contribution in [-0.2, 0) is 28.6 Å². The maximum Gasteiger partial charge on any atom is 0.372 e. The van der Waals surface area contributed by atoms with Gasteiger partial charge in [0.15, 0.2) is 0 Å². The van der Waals surface area contributed by atoms with E-state index in [4.69, 9.17) is 18.5 Å². The summed E-state index contributed by atoms with van der Waals surface area (Å²) in [5.74, 6) is -0.277. The highest BCUT2D eigenvalue weighted by Gasteiger charge is 2.67. The van der Waals surface area contributed by atoms with E-state index in [9.17, 15) is 9.36 Å². The molecule has 40 heavy (non-hydrogen) atoms. The maximum absolute atomic E-state index is 14.6. The van der Waals surface area contributed by atoms with Crippen molar-refractivity contribution in [2.24, 2.45) is 22.1 Å². The van der Waals surface area contributed by atoms with Crippen molar-refractivity contribution < 1.29 is 27.9 Å². The van der Waals surface area contributed by atoms with E-state index in [2.05, 4.69) is 43.1 Å². The van der Waals surface area contributed by atoms with E-state index in [1.807, 2.05) is 30.3 Å². The second-order valence-corrected chi connectivity index (χ2v) is 13.6. The smallest absolute Gasteiger partial charge is 0.372 e. The molecule has 218 valence electrons. The van der Waals surface area contributed by atoms with Crippen LogP contribution in [0.15, 0.2) is 64.8 Å². The number of rotatable bonds is 11. The molecule has 0 aromatic heterocycles. The highest BCUT2D eigenvalue weighted by atomic mass is 31.2. The van der Waals surface area contributed by atoms with E-state index in [0.717, 1.165) is 18.4 Å². The van der Waals surface area contributed by atoms with Crippen molar-refractivity contribution in [2.75, 3.05) is 26.9 Å². The zero-order valence-corrected chi connectivity index (χ0v) is 25.4. The molecule has 1 fully saturated rings. The summed E-state index contributed by atoms with van der Waals surface area (Å²) in [6, 6.07) is 17.6. The summed E-state index contributed by atoms with van der Waals surface area (Å²) in [5.41, 5.74) is 1.67. The normalized spacial score (nSPS) is 26.9. The van der Waals surface area contributed by atoms with Crippen LogP contribution >= 0.6 is 7.60 Å². The molecule has 2 aromatic rings. The van der Waals surface area contributed by atoms with Crippen molar-refractivity contribution in [3.05, 3.63) is 65.7 Å². The van der Waals surface area contributed by atoms with Crippen LogP contribution in [0.2, 0.25) is 0 Å². The molecule has 4 rings (SSSR count). The molecule has 1 aliphatic carbocycles. The number of carbonyl (C=O) groups is 1. The first-order chi connectivity index (χ1) is 19.1. The Morgan fingerprint density at radius 3 is 2.27 bits per heavy atom. The predicted molar refractivity (Wildman–Crippen MR) is 155 cm³/mol. The zero-order valence-electron chi connectivity index (χ0n) is 24.5. The Hall–Kier alpha value is -2.54. The fraction of sp³-hybridized carbons (Fsp3) is 0.581. The van der Waals surface area contributed by atoms with Crippen LogP contribution in [0.4, 0.5) is 0 Å². The quantitative estimate of drug-likeness (QED) is 0.205. The van der Waals surface area contributed by atoms with Gasteiger partial charge in [-0.3, -0.25) is 4.57 Å². The summed E-state index contributed by atoms with van der Waals surface area (Å²) >= 11 is 0. The van der Waals surface area contributed by atoms with Gasteiger partial charge < -0.3 is 18.5 Å². The lowest BCUT2D eigenvalue weighted by molar-refractivity contribution is -0.161. The van der Waals surface area contributed by atoms with Crippen LogP contribution in [0, 0.1) is 11.8 Å². The molecule has 1 aliphatic heterocycles. The number of methoxy groups -OCH3 is 1. The van der Waals surface area contributed by atoms with Gasteiger partial charge >= 0.3 is 13.6 Å². The molecular formula is C31H43N2O6P. The molecule has 8 nitrogen and oxygen atoms in total. The maximum atomic E-state index is 14.6. The summed E-state index contributed by atoms with van der Waals surface area (Å²) in [6.45, 7) is 10.4. The minimum absolute atomic E-state index is 0.0588. The minimum Gasteiger partial charge on any atom is -0.497 e. The summed E-state index contributed by atoms with van der Waals surface area (Å²) in [4.78, 5) is 14.5. The Bertz CT molecular complexity index is 1210. The van der Waals surface area contributed by atoms with E-state index in [1.165, 1.54) is 5.56 Å². The zero-order chi connectivity index (χ0) is 29.0. The van der Waals surface area contributed by atoms with Crippen LogP contribution in [0.5, 0.6) is 5.75 Å². The number of esters is 1. The Labute approximate surface area is 238 Å². The fourth-order valence-corrected chi connectivity index (χ4v) is 8.52. The first-order valence-electron chi connectivity index (χ1n) is 14.3. The highest BCUT2D eigenvalue weighted by molar-refractivity contribution is 7.56. The monoisotopic (exact) mass is 570 g/mol.